The monoisotopic (exact) mass is 337 g/mol. The van der Waals surface area contributed by atoms with E-state index in [1.54, 1.807) is 6.07 Å². The lowest BCUT2D eigenvalue weighted by Crippen LogP contribution is -2.44. The van der Waals surface area contributed by atoms with E-state index in [9.17, 15) is 14.4 Å². The molecule has 0 aliphatic rings. The summed E-state index contributed by atoms with van der Waals surface area (Å²) in [5.41, 5.74) is 2.17. The fourth-order valence-corrected chi connectivity index (χ4v) is 2.51. The molecule has 0 bridgehead atoms. The Morgan fingerprint density at radius 3 is 2.33 bits per heavy atom. The fourth-order valence-electron chi connectivity index (χ4n) is 2.51. The topological polar surface area (TPSA) is 89.4 Å². The van der Waals surface area contributed by atoms with Gasteiger partial charge in [-0.25, -0.2) is 9.59 Å². The van der Waals surface area contributed by atoms with Crippen LogP contribution in [0.2, 0.25) is 0 Å². The largest absolute Gasteiger partial charge is 0.452 e. The summed E-state index contributed by atoms with van der Waals surface area (Å²) in [5, 5.41) is 4.73. The van der Waals surface area contributed by atoms with Gasteiger partial charge in [0.25, 0.3) is 5.91 Å². The van der Waals surface area contributed by atoms with Crippen molar-refractivity contribution in [1.29, 1.82) is 0 Å². The Bertz CT molecular complexity index is 620. The van der Waals surface area contributed by atoms with Gasteiger partial charge in [-0.1, -0.05) is 6.92 Å². The molecular formula is C17H27N3O4. The van der Waals surface area contributed by atoms with Crippen LogP contribution in [0.5, 0.6) is 0 Å². The van der Waals surface area contributed by atoms with Gasteiger partial charge < -0.3 is 14.6 Å². The van der Waals surface area contributed by atoms with Crippen molar-refractivity contribution >= 4 is 17.9 Å². The van der Waals surface area contributed by atoms with E-state index in [2.05, 4.69) is 10.6 Å². The van der Waals surface area contributed by atoms with Crippen molar-refractivity contribution in [3.63, 3.8) is 0 Å². The quantitative estimate of drug-likeness (QED) is 0.780. The van der Waals surface area contributed by atoms with Gasteiger partial charge in [-0.15, -0.1) is 0 Å². The van der Waals surface area contributed by atoms with E-state index in [-0.39, 0.29) is 12.1 Å². The predicted octanol–water partition coefficient (Wildman–Crippen LogP) is 2.47. The lowest BCUT2D eigenvalue weighted by atomic mass is 10.2. The number of urea groups is 1. The number of nitrogens with one attached hydrogen (secondary N) is 2. The van der Waals surface area contributed by atoms with Crippen LogP contribution in [0.15, 0.2) is 6.07 Å². The molecule has 7 nitrogen and oxygen atoms in total. The third-order valence-corrected chi connectivity index (χ3v) is 3.80. The van der Waals surface area contributed by atoms with Crippen LogP contribution in [0.3, 0.4) is 0 Å². The molecule has 1 atom stereocenters. The Labute approximate surface area is 142 Å². The van der Waals surface area contributed by atoms with Crippen molar-refractivity contribution in [2.75, 3.05) is 6.61 Å². The van der Waals surface area contributed by atoms with Gasteiger partial charge in [-0.05, 0) is 47.1 Å². The number of hydrogen-bond acceptors (Lipinski definition) is 4. The van der Waals surface area contributed by atoms with Crippen LogP contribution < -0.4 is 10.6 Å². The zero-order valence-corrected chi connectivity index (χ0v) is 15.2. The minimum atomic E-state index is -0.665. The zero-order chi connectivity index (χ0) is 18.4. The fraction of sp³-hybridized carbons (Fsp3) is 0.588. The highest BCUT2D eigenvalue weighted by Gasteiger charge is 2.19. The Balaban J connectivity index is 2.59. The minimum absolute atomic E-state index is 0.0400. The summed E-state index contributed by atoms with van der Waals surface area (Å²) >= 11 is 0. The summed E-state index contributed by atoms with van der Waals surface area (Å²) in [7, 11) is 0. The molecule has 0 aromatic carbocycles. The van der Waals surface area contributed by atoms with Crippen LogP contribution in [0.25, 0.3) is 0 Å². The van der Waals surface area contributed by atoms with E-state index in [1.807, 2.05) is 46.1 Å². The number of aryl methyl sites for hydroxylation is 1. The standard InChI is InChI=1S/C17H27N3O4/c1-7-11(4)18-17(23)19-15(21)9-24-16(22)14-8-12(5)20(10(2)3)13(14)6/h8,10-11H,7,9H2,1-6H3,(H2,18,19,21,23)/t11-/m1/s1. The van der Waals surface area contributed by atoms with Gasteiger partial charge in [0.2, 0.25) is 0 Å². The second-order valence-electron chi connectivity index (χ2n) is 6.16. The first-order chi connectivity index (χ1) is 11.2. The molecule has 1 rings (SSSR count). The second-order valence-corrected chi connectivity index (χ2v) is 6.16. The molecule has 1 aromatic heterocycles. The van der Waals surface area contributed by atoms with Crippen LogP contribution in [-0.2, 0) is 9.53 Å². The van der Waals surface area contributed by atoms with E-state index < -0.39 is 24.5 Å². The van der Waals surface area contributed by atoms with Crippen LogP contribution >= 0.6 is 0 Å². The Morgan fingerprint density at radius 1 is 1.21 bits per heavy atom. The van der Waals surface area contributed by atoms with Crippen LogP contribution in [-0.4, -0.2) is 35.1 Å². The lowest BCUT2D eigenvalue weighted by molar-refractivity contribution is -0.123. The first-order valence-corrected chi connectivity index (χ1v) is 8.13. The van der Waals surface area contributed by atoms with Crippen molar-refractivity contribution in [2.24, 2.45) is 0 Å². The maximum atomic E-state index is 12.2. The Morgan fingerprint density at radius 2 is 1.83 bits per heavy atom. The summed E-state index contributed by atoms with van der Waals surface area (Å²) in [5.74, 6) is -1.24. The molecule has 7 heteroatoms. The molecule has 0 unspecified atom stereocenters. The molecule has 134 valence electrons. The maximum Gasteiger partial charge on any atom is 0.340 e. The van der Waals surface area contributed by atoms with E-state index in [4.69, 9.17) is 4.74 Å². The number of nitrogens with zero attached hydrogens (tertiary/aromatic N) is 1. The average Bonchev–Trinajstić information content (AvgIpc) is 2.79. The predicted molar refractivity (Wildman–Crippen MR) is 91.0 cm³/mol. The lowest BCUT2D eigenvalue weighted by Gasteiger charge is -2.13. The number of rotatable bonds is 6. The van der Waals surface area contributed by atoms with Gasteiger partial charge in [0.1, 0.15) is 0 Å². The molecule has 0 radical (unpaired) electrons. The highest BCUT2D eigenvalue weighted by Crippen LogP contribution is 2.20. The molecule has 0 fully saturated rings. The highest BCUT2D eigenvalue weighted by atomic mass is 16.5. The molecule has 0 spiro atoms. The smallest absolute Gasteiger partial charge is 0.340 e. The number of ether oxygens (including phenoxy) is 1. The van der Waals surface area contributed by atoms with E-state index in [0.29, 0.717) is 5.56 Å². The van der Waals surface area contributed by atoms with Gasteiger partial charge in [0.05, 0.1) is 5.56 Å². The van der Waals surface area contributed by atoms with Crippen LogP contribution in [0.1, 0.15) is 61.9 Å². The summed E-state index contributed by atoms with van der Waals surface area (Å²) in [6, 6.07) is 1.33. The number of esters is 1. The van der Waals surface area contributed by atoms with Crippen molar-refractivity contribution in [3.05, 3.63) is 23.0 Å². The third kappa shape index (κ3) is 5.11. The number of imide groups is 1. The van der Waals surface area contributed by atoms with Gasteiger partial charge in [0.15, 0.2) is 6.61 Å². The molecule has 1 aromatic rings. The number of hydrogen-bond donors (Lipinski definition) is 2. The number of carbonyl (C=O) groups is 3. The first kappa shape index (κ1) is 19.7. The third-order valence-electron chi connectivity index (χ3n) is 3.80. The molecule has 1 heterocycles. The average molecular weight is 337 g/mol. The molecule has 24 heavy (non-hydrogen) atoms. The van der Waals surface area contributed by atoms with E-state index in [1.165, 1.54) is 0 Å². The molecule has 0 saturated carbocycles. The minimum Gasteiger partial charge on any atom is -0.452 e. The summed E-state index contributed by atoms with van der Waals surface area (Å²) in [6.07, 6.45) is 0.752. The number of amides is 3. The van der Waals surface area contributed by atoms with Crippen molar-refractivity contribution in [3.8, 4) is 0 Å². The van der Waals surface area contributed by atoms with Gasteiger partial charge >= 0.3 is 12.0 Å². The summed E-state index contributed by atoms with van der Waals surface area (Å²) < 4.78 is 7.03. The van der Waals surface area contributed by atoms with Crippen molar-refractivity contribution in [1.82, 2.24) is 15.2 Å². The van der Waals surface area contributed by atoms with Gasteiger partial charge in [-0.2, -0.15) is 0 Å². The molecular weight excluding hydrogens is 310 g/mol. The Kier molecular flexibility index (Phi) is 7.00. The van der Waals surface area contributed by atoms with Crippen molar-refractivity contribution < 1.29 is 19.1 Å². The maximum absolute atomic E-state index is 12.2. The van der Waals surface area contributed by atoms with Gasteiger partial charge in [0, 0.05) is 23.5 Å². The van der Waals surface area contributed by atoms with Crippen LogP contribution in [0, 0.1) is 13.8 Å². The molecule has 0 aliphatic heterocycles. The van der Waals surface area contributed by atoms with Gasteiger partial charge in [-0.3, -0.25) is 10.1 Å². The van der Waals surface area contributed by atoms with Crippen molar-refractivity contribution in [2.45, 2.75) is 60.0 Å². The normalized spacial score (nSPS) is 12.0. The first-order valence-electron chi connectivity index (χ1n) is 8.13. The SMILES string of the molecule is CC[C@@H](C)NC(=O)NC(=O)COC(=O)c1cc(C)n(C(C)C)c1C. The second kappa shape index (κ2) is 8.52. The Hall–Kier alpha value is -2.31. The highest BCUT2D eigenvalue weighted by molar-refractivity contribution is 5.97. The summed E-state index contributed by atoms with van der Waals surface area (Å²) in [4.78, 5) is 35.3. The molecule has 3 amide bonds. The van der Waals surface area contributed by atoms with E-state index >= 15 is 0 Å². The summed E-state index contributed by atoms with van der Waals surface area (Å²) in [6.45, 7) is 11.0. The zero-order valence-electron chi connectivity index (χ0n) is 15.2. The molecule has 2 N–H and O–H groups in total. The molecule has 0 saturated heterocycles. The number of carbonyl (C=O) groups excluding carboxylic acids is 3. The molecule has 0 aliphatic carbocycles. The van der Waals surface area contributed by atoms with Crippen LogP contribution in [0.4, 0.5) is 4.79 Å². The van der Waals surface area contributed by atoms with E-state index in [0.717, 1.165) is 17.8 Å². The number of aromatic nitrogens is 1.